The number of ether oxygens (including phenoxy) is 3. The molecule has 1 aliphatic heterocycles. The number of hydrogen-bond donors (Lipinski definition) is 2. The van der Waals surface area contributed by atoms with Crippen molar-refractivity contribution in [2.24, 2.45) is 17.8 Å². The fourth-order valence-corrected chi connectivity index (χ4v) is 5.36. The molecule has 0 unspecified atom stereocenters. The molecule has 0 radical (unpaired) electrons. The molecule has 1 heterocycles. The fraction of sp³-hybridized carbons (Fsp3) is 0.636. The minimum Gasteiger partial charge on any atom is -0.493 e. The lowest BCUT2D eigenvalue weighted by Gasteiger charge is -2.32. The molecule has 0 amide bonds. The average Bonchev–Trinajstić information content (AvgIpc) is 3.32. The van der Waals surface area contributed by atoms with Gasteiger partial charge >= 0.3 is 0 Å². The van der Waals surface area contributed by atoms with Crippen LogP contribution in [0.1, 0.15) is 18.4 Å². The predicted molar refractivity (Wildman–Crippen MR) is 105 cm³/mol. The number of methoxy groups -OCH3 is 3. The van der Waals surface area contributed by atoms with E-state index in [2.05, 4.69) is 24.3 Å². The highest BCUT2D eigenvalue weighted by Gasteiger charge is 2.38. The van der Waals surface area contributed by atoms with Gasteiger partial charge in [-0.1, -0.05) is 12.2 Å². The second-order valence-electron chi connectivity index (χ2n) is 8.45. The van der Waals surface area contributed by atoms with E-state index in [0.29, 0.717) is 5.75 Å². The van der Waals surface area contributed by atoms with E-state index in [-0.39, 0.29) is 0 Å². The van der Waals surface area contributed by atoms with Gasteiger partial charge in [0.15, 0.2) is 11.5 Å². The second-order valence-corrected chi connectivity index (χ2v) is 8.45. The third-order valence-corrected chi connectivity index (χ3v) is 6.81. The van der Waals surface area contributed by atoms with E-state index in [1.165, 1.54) is 51.1 Å². The van der Waals surface area contributed by atoms with Gasteiger partial charge in [-0.3, -0.25) is 0 Å². The molecule has 1 aromatic rings. The maximum absolute atomic E-state index is 5.50. The Balaban J connectivity index is 1.32. The van der Waals surface area contributed by atoms with Crippen molar-refractivity contribution in [2.45, 2.75) is 19.4 Å². The summed E-state index contributed by atoms with van der Waals surface area (Å²) in [7, 11) is 5.01. The van der Waals surface area contributed by atoms with Gasteiger partial charge in [0.2, 0.25) is 5.75 Å². The maximum Gasteiger partial charge on any atom is 0.203 e. The Morgan fingerprint density at radius 2 is 1.52 bits per heavy atom. The van der Waals surface area contributed by atoms with Crippen LogP contribution in [0.3, 0.4) is 0 Å². The highest BCUT2D eigenvalue weighted by Crippen LogP contribution is 2.42. The minimum atomic E-state index is 0.674. The molecule has 3 aliphatic rings. The summed E-state index contributed by atoms with van der Waals surface area (Å²) >= 11 is 0. The lowest BCUT2D eigenvalue weighted by Crippen LogP contribution is -3.27. The summed E-state index contributed by atoms with van der Waals surface area (Å²) in [5.74, 6) is 4.89. The largest absolute Gasteiger partial charge is 0.493 e. The van der Waals surface area contributed by atoms with Crippen molar-refractivity contribution in [2.75, 3.05) is 54.1 Å². The summed E-state index contributed by atoms with van der Waals surface area (Å²) in [6.07, 6.45) is 7.81. The molecule has 5 nitrogen and oxygen atoms in total. The quantitative estimate of drug-likeness (QED) is 0.670. The Hall–Kier alpha value is -1.72. The highest BCUT2D eigenvalue weighted by atomic mass is 16.5. The summed E-state index contributed by atoms with van der Waals surface area (Å²) in [5, 5.41) is 0. The molecule has 1 aromatic carbocycles. The Bertz CT molecular complexity index is 657. The van der Waals surface area contributed by atoms with Gasteiger partial charge in [0.05, 0.1) is 27.9 Å². The lowest BCUT2D eigenvalue weighted by atomic mass is 9.93. The minimum absolute atomic E-state index is 0.674. The first-order valence-electron chi connectivity index (χ1n) is 10.3. The van der Waals surface area contributed by atoms with E-state index in [1.807, 2.05) is 4.90 Å². The zero-order chi connectivity index (χ0) is 18.8. The smallest absolute Gasteiger partial charge is 0.203 e. The summed E-state index contributed by atoms with van der Waals surface area (Å²) in [4.78, 5) is 3.47. The van der Waals surface area contributed by atoms with Crippen LogP contribution < -0.4 is 24.0 Å². The van der Waals surface area contributed by atoms with Crippen LogP contribution in [0.25, 0.3) is 0 Å². The summed E-state index contributed by atoms with van der Waals surface area (Å²) in [6.45, 7) is 7.45. The number of fused-ring (bicyclic) bond motifs is 2. The van der Waals surface area contributed by atoms with Crippen LogP contribution in [0, 0.1) is 17.8 Å². The number of quaternary nitrogens is 2. The molecule has 2 fully saturated rings. The molecule has 5 heteroatoms. The Morgan fingerprint density at radius 3 is 2.04 bits per heavy atom. The van der Waals surface area contributed by atoms with E-state index in [1.54, 1.807) is 26.2 Å². The van der Waals surface area contributed by atoms with Crippen molar-refractivity contribution in [1.82, 2.24) is 0 Å². The Labute approximate surface area is 162 Å². The number of benzene rings is 1. The van der Waals surface area contributed by atoms with Crippen LogP contribution >= 0.6 is 0 Å². The molecule has 4 rings (SSSR count). The van der Waals surface area contributed by atoms with Gasteiger partial charge in [0, 0.05) is 11.5 Å². The van der Waals surface area contributed by atoms with Gasteiger partial charge in [0.1, 0.15) is 32.7 Å². The van der Waals surface area contributed by atoms with Crippen molar-refractivity contribution < 1.29 is 24.0 Å². The Kier molecular flexibility index (Phi) is 5.60. The molecular weight excluding hydrogens is 340 g/mol. The molecule has 27 heavy (non-hydrogen) atoms. The molecule has 1 saturated heterocycles. The van der Waals surface area contributed by atoms with Gasteiger partial charge in [-0.05, 0) is 36.8 Å². The van der Waals surface area contributed by atoms with Crippen LogP contribution in [0.5, 0.6) is 17.2 Å². The molecule has 1 saturated carbocycles. The number of rotatable bonds is 7. The van der Waals surface area contributed by atoms with Crippen molar-refractivity contribution in [3.05, 3.63) is 29.8 Å². The van der Waals surface area contributed by atoms with Crippen LogP contribution in [0.15, 0.2) is 24.3 Å². The van der Waals surface area contributed by atoms with E-state index in [9.17, 15) is 0 Å². The number of piperazine rings is 1. The predicted octanol–water partition coefficient (Wildman–Crippen LogP) is 0.208. The van der Waals surface area contributed by atoms with Crippen molar-refractivity contribution in [1.29, 1.82) is 0 Å². The first kappa shape index (κ1) is 18.6. The van der Waals surface area contributed by atoms with Gasteiger partial charge in [-0.2, -0.15) is 0 Å². The van der Waals surface area contributed by atoms with E-state index in [0.717, 1.165) is 35.8 Å². The lowest BCUT2D eigenvalue weighted by molar-refractivity contribution is -1.02. The number of hydrogen-bond acceptors (Lipinski definition) is 3. The average molecular weight is 375 g/mol. The first-order chi connectivity index (χ1) is 13.2. The summed E-state index contributed by atoms with van der Waals surface area (Å²) in [5.41, 5.74) is 1.25. The molecule has 2 aliphatic carbocycles. The van der Waals surface area contributed by atoms with Gasteiger partial charge < -0.3 is 24.0 Å². The summed E-state index contributed by atoms with van der Waals surface area (Å²) in [6, 6.07) is 4.18. The van der Waals surface area contributed by atoms with Crippen LogP contribution in [-0.4, -0.2) is 54.1 Å². The molecule has 2 N–H and O–H groups in total. The van der Waals surface area contributed by atoms with E-state index < -0.39 is 0 Å². The van der Waals surface area contributed by atoms with Crippen LogP contribution in [0.2, 0.25) is 0 Å². The third kappa shape index (κ3) is 3.94. The highest BCUT2D eigenvalue weighted by molar-refractivity contribution is 5.53. The molecule has 0 aromatic heterocycles. The second kappa shape index (κ2) is 8.11. The van der Waals surface area contributed by atoms with Crippen molar-refractivity contribution in [3.63, 3.8) is 0 Å². The summed E-state index contributed by atoms with van der Waals surface area (Å²) < 4.78 is 16.4. The van der Waals surface area contributed by atoms with Crippen LogP contribution in [-0.2, 0) is 6.54 Å². The molecular formula is C22H34N2O3+2. The molecule has 148 valence electrons. The van der Waals surface area contributed by atoms with Gasteiger partial charge in [-0.25, -0.2) is 0 Å². The number of nitrogens with one attached hydrogen (secondary N) is 2. The SMILES string of the molecule is COc1cc(C[NH+]2CC[NH+](C[C@H]3C[C@@H]4C=C[C@H]3C4)CC2)cc(OC)c1OC. The maximum atomic E-state index is 5.50. The zero-order valence-electron chi connectivity index (χ0n) is 16.9. The standard InChI is InChI=1S/C22H32N2O3/c1-25-20-12-17(13-21(26-2)22(20)27-3)14-23-6-8-24(9-7-23)15-19-11-16-4-5-18(19)10-16/h4-5,12-13,16,18-19H,6-11,14-15H2,1-3H3/p+2/t16-,18+,19-/m1/s1. The molecule has 2 bridgehead atoms. The van der Waals surface area contributed by atoms with Crippen molar-refractivity contribution >= 4 is 0 Å². The van der Waals surface area contributed by atoms with Crippen molar-refractivity contribution in [3.8, 4) is 17.2 Å². The topological polar surface area (TPSA) is 36.6 Å². The van der Waals surface area contributed by atoms with E-state index >= 15 is 0 Å². The number of allylic oxidation sites excluding steroid dienone is 2. The zero-order valence-corrected chi connectivity index (χ0v) is 16.9. The normalized spacial score (nSPS) is 31.9. The van der Waals surface area contributed by atoms with Crippen LogP contribution in [0.4, 0.5) is 0 Å². The monoisotopic (exact) mass is 374 g/mol. The van der Waals surface area contributed by atoms with E-state index in [4.69, 9.17) is 14.2 Å². The molecule has 0 spiro atoms. The van der Waals surface area contributed by atoms with Gasteiger partial charge in [0.25, 0.3) is 0 Å². The first-order valence-corrected chi connectivity index (χ1v) is 10.3. The van der Waals surface area contributed by atoms with Gasteiger partial charge in [-0.15, -0.1) is 0 Å². The fourth-order valence-electron chi connectivity index (χ4n) is 5.36. The third-order valence-electron chi connectivity index (χ3n) is 6.81. The molecule has 3 atom stereocenters. The Morgan fingerprint density at radius 1 is 0.852 bits per heavy atom.